The zero-order valence-corrected chi connectivity index (χ0v) is 12.5. The Morgan fingerprint density at radius 1 is 1.24 bits per heavy atom. The normalized spacial score (nSPS) is 22.0. The zero-order valence-electron chi connectivity index (χ0n) is 11.7. The highest BCUT2D eigenvalue weighted by atomic mass is 35.5. The Balaban J connectivity index is 1.67. The molecular weight excluding hydrogens is 286 g/mol. The second-order valence-corrected chi connectivity index (χ2v) is 5.60. The van der Waals surface area contributed by atoms with Crippen LogP contribution < -0.4 is 5.32 Å². The van der Waals surface area contributed by atoms with Gasteiger partial charge in [-0.3, -0.25) is 4.98 Å². The fraction of sp³-hybridized carbons (Fsp3) is 0.375. The van der Waals surface area contributed by atoms with E-state index < -0.39 is 0 Å². The summed E-state index contributed by atoms with van der Waals surface area (Å²) in [5.74, 6) is 1.13. The maximum absolute atomic E-state index is 5.99. The van der Waals surface area contributed by atoms with Crippen molar-refractivity contribution < 1.29 is 4.74 Å². The van der Waals surface area contributed by atoms with Crippen molar-refractivity contribution in [3.05, 3.63) is 53.4 Å². The van der Waals surface area contributed by atoms with E-state index >= 15 is 0 Å². The number of ether oxygens (including phenoxy) is 1. The lowest BCUT2D eigenvalue weighted by molar-refractivity contribution is -0.0238. The maximum atomic E-state index is 5.99. The predicted molar refractivity (Wildman–Crippen MR) is 83.4 cm³/mol. The molecule has 2 heterocycles. The van der Waals surface area contributed by atoms with Gasteiger partial charge in [-0.2, -0.15) is 0 Å². The molecule has 21 heavy (non-hydrogen) atoms. The van der Waals surface area contributed by atoms with Crippen LogP contribution in [0.4, 0.5) is 5.82 Å². The van der Waals surface area contributed by atoms with E-state index in [9.17, 15) is 0 Å². The van der Waals surface area contributed by atoms with Gasteiger partial charge in [-0.15, -0.1) is 0 Å². The largest absolute Gasteiger partial charge is 0.373 e. The topological polar surface area (TPSA) is 47.0 Å². The van der Waals surface area contributed by atoms with E-state index in [1.54, 1.807) is 6.20 Å². The van der Waals surface area contributed by atoms with Crippen LogP contribution in [0.15, 0.2) is 42.7 Å². The first kappa shape index (κ1) is 14.3. The summed E-state index contributed by atoms with van der Waals surface area (Å²) in [6.45, 7) is 1.63. The van der Waals surface area contributed by atoms with Gasteiger partial charge in [-0.05, 0) is 18.4 Å². The van der Waals surface area contributed by atoms with Crippen molar-refractivity contribution in [3.8, 4) is 0 Å². The summed E-state index contributed by atoms with van der Waals surface area (Å²) in [5, 5.41) is 3.72. The van der Waals surface area contributed by atoms with E-state index in [4.69, 9.17) is 16.3 Å². The molecular formula is C16H18ClN3O. The van der Waals surface area contributed by atoms with Crippen molar-refractivity contribution in [2.75, 3.05) is 18.5 Å². The smallest absolute Gasteiger partial charge is 0.149 e. The SMILES string of the molecule is Clc1cncc(NCC2CCCOC2c2ccccc2)n1. The van der Waals surface area contributed by atoms with Crippen molar-refractivity contribution in [3.63, 3.8) is 0 Å². The summed E-state index contributed by atoms with van der Waals surface area (Å²) in [7, 11) is 0. The summed E-state index contributed by atoms with van der Waals surface area (Å²) in [6.07, 6.45) is 5.59. The lowest BCUT2D eigenvalue weighted by Gasteiger charge is -2.32. The van der Waals surface area contributed by atoms with Crippen molar-refractivity contribution in [2.45, 2.75) is 18.9 Å². The second-order valence-electron chi connectivity index (χ2n) is 5.21. The molecule has 0 spiro atoms. The fourth-order valence-electron chi connectivity index (χ4n) is 2.73. The van der Waals surface area contributed by atoms with Crippen LogP contribution in [0.25, 0.3) is 0 Å². The van der Waals surface area contributed by atoms with Crippen molar-refractivity contribution in [1.82, 2.24) is 9.97 Å². The molecule has 110 valence electrons. The number of halogens is 1. The van der Waals surface area contributed by atoms with Crippen LogP contribution in [-0.4, -0.2) is 23.1 Å². The van der Waals surface area contributed by atoms with E-state index in [1.165, 1.54) is 11.8 Å². The van der Waals surface area contributed by atoms with E-state index in [-0.39, 0.29) is 6.10 Å². The molecule has 0 saturated carbocycles. The van der Waals surface area contributed by atoms with Crippen molar-refractivity contribution in [1.29, 1.82) is 0 Å². The number of aromatic nitrogens is 2. The minimum absolute atomic E-state index is 0.139. The lowest BCUT2D eigenvalue weighted by Crippen LogP contribution is -2.28. The highest BCUT2D eigenvalue weighted by Gasteiger charge is 2.27. The first-order valence-electron chi connectivity index (χ1n) is 7.21. The fourth-order valence-corrected chi connectivity index (χ4v) is 2.87. The molecule has 1 aliphatic heterocycles. The van der Waals surface area contributed by atoms with Crippen LogP contribution in [0, 0.1) is 5.92 Å². The van der Waals surface area contributed by atoms with Gasteiger partial charge in [0.2, 0.25) is 0 Å². The molecule has 3 rings (SSSR count). The van der Waals surface area contributed by atoms with Gasteiger partial charge < -0.3 is 10.1 Å². The number of rotatable bonds is 4. The Kier molecular flexibility index (Phi) is 4.68. The molecule has 5 heteroatoms. The summed E-state index contributed by atoms with van der Waals surface area (Å²) < 4.78 is 5.99. The summed E-state index contributed by atoms with van der Waals surface area (Å²) in [6, 6.07) is 10.4. The quantitative estimate of drug-likeness (QED) is 0.935. The van der Waals surface area contributed by atoms with E-state index in [0.29, 0.717) is 16.9 Å². The number of hydrogen-bond donors (Lipinski definition) is 1. The molecule has 0 amide bonds. The Hall–Kier alpha value is -1.65. The molecule has 2 aromatic rings. The first-order chi connectivity index (χ1) is 10.3. The van der Waals surface area contributed by atoms with E-state index in [0.717, 1.165) is 26.0 Å². The molecule has 1 saturated heterocycles. The molecule has 0 radical (unpaired) electrons. The Bertz CT molecular complexity index is 579. The number of hydrogen-bond acceptors (Lipinski definition) is 4. The van der Waals surface area contributed by atoms with Crippen LogP contribution in [-0.2, 0) is 4.74 Å². The minimum Gasteiger partial charge on any atom is -0.373 e. The van der Waals surface area contributed by atoms with Gasteiger partial charge in [-0.25, -0.2) is 4.98 Å². The van der Waals surface area contributed by atoms with Crippen LogP contribution in [0.1, 0.15) is 24.5 Å². The Labute approximate surface area is 129 Å². The number of nitrogens with one attached hydrogen (secondary N) is 1. The molecule has 1 fully saturated rings. The maximum Gasteiger partial charge on any atom is 0.149 e. The molecule has 2 unspecified atom stereocenters. The monoisotopic (exact) mass is 303 g/mol. The Morgan fingerprint density at radius 3 is 2.90 bits per heavy atom. The van der Waals surface area contributed by atoms with Crippen molar-refractivity contribution in [2.24, 2.45) is 5.92 Å². The zero-order chi connectivity index (χ0) is 14.5. The number of nitrogens with zero attached hydrogens (tertiary/aromatic N) is 2. The van der Waals surface area contributed by atoms with Gasteiger partial charge in [-0.1, -0.05) is 41.9 Å². The molecule has 0 bridgehead atoms. The average molecular weight is 304 g/mol. The third-order valence-electron chi connectivity index (χ3n) is 3.72. The van der Waals surface area contributed by atoms with Crippen LogP contribution in [0.3, 0.4) is 0 Å². The van der Waals surface area contributed by atoms with Crippen LogP contribution in [0.5, 0.6) is 0 Å². The number of benzene rings is 1. The van der Waals surface area contributed by atoms with E-state index in [2.05, 4.69) is 39.6 Å². The van der Waals surface area contributed by atoms with Crippen LogP contribution in [0.2, 0.25) is 5.15 Å². The van der Waals surface area contributed by atoms with Gasteiger partial charge in [0.1, 0.15) is 11.0 Å². The molecule has 1 N–H and O–H groups in total. The van der Waals surface area contributed by atoms with Gasteiger partial charge in [0, 0.05) is 19.1 Å². The van der Waals surface area contributed by atoms with Gasteiger partial charge in [0.15, 0.2) is 0 Å². The van der Waals surface area contributed by atoms with Crippen molar-refractivity contribution >= 4 is 17.4 Å². The Morgan fingerprint density at radius 2 is 2.10 bits per heavy atom. The lowest BCUT2D eigenvalue weighted by atomic mass is 9.89. The molecule has 1 aliphatic rings. The molecule has 2 atom stereocenters. The van der Waals surface area contributed by atoms with Gasteiger partial charge >= 0.3 is 0 Å². The minimum atomic E-state index is 0.139. The third kappa shape index (κ3) is 3.71. The van der Waals surface area contributed by atoms with Crippen LogP contribution >= 0.6 is 11.6 Å². The average Bonchev–Trinajstić information content (AvgIpc) is 2.54. The first-order valence-corrected chi connectivity index (χ1v) is 7.59. The molecule has 0 aliphatic carbocycles. The molecule has 1 aromatic carbocycles. The second kappa shape index (κ2) is 6.87. The van der Waals surface area contributed by atoms with Gasteiger partial charge in [0.25, 0.3) is 0 Å². The standard InChI is InChI=1S/C16H18ClN3O/c17-14-10-18-11-15(20-14)19-9-13-7-4-8-21-16(13)12-5-2-1-3-6-12/h1-3,5-6,10-11,13,16H,4,7-9H2,(H,19,20). The highest BCUT2D eigenvalue weighted by Crippen LogP contribution is 2.33. The van der Waals surface area contributed by atoms with Gasteiger partial charge in [0.05, 0.1) is 18.5 Å². The summed E-state index contributed by atoms with van der Waals surface area (Å²) in [5.41, 5.74) is 1.24. The molecule has 1 aromatic heterocycles. The van der Waals surface area contributed by atoms with E-state index in [1.807, 2.05) is 6.07 Å². The summed E-state index contributed by atoms with van der Waals surface area (Å²) in [4.78, 5) is 8.24. The number of anilines is 1. The predicted octanol–water partition coefficient (Wildman–Crippen LogP) is 3.71. The highest BCUT2D eigenvalue weighted by molar-refractivity contribution is 6.29. The third-order valence-corrected chi connectivity index (χ3v) is 3.91. The molecule has 4 nitrogen and oxygen atoms in total. The summed E-state index contributed by atoms with van der Waals surface area (Å²) >= 11 is 5.85.